The average molecular weight is 500 g/mol. The quantitative estimate of drug-likeness (QED) is 0.346. The third-order valence-corrected chi connectivity index (χ3v) is 6.58. The van der Waals surface area contributed by atoms with Crippen molar-refractivity contribution in [1.82, 2.24) is 34.9 Å². The first-order chi connectivity index (χ1) is 18.1. The van der Waals surface area contributed by atoms with Crippen molar-refractivity contribution in [3.63, 3.8) is 0 Å². The van der Waals surface area contributed by atoms with Crippen LogP contribution in [-0.2, 0) is 11.3 Å². The lowest BCUT2D eigenvalue weighted by molar-refractivity contribution is 0.0350. The van der Waals surface area contributed by atoms with Gasteiger partial charge in [-0.1, -0.05) is 23.4 Å². The first-order valence-corrected chi connectivity index (χ1v) is 12.1. The Morgan fingerprint density at radius 3 is 2.62 bits per heavy atom. The lowest BCUT2D eigenvalue weighted by atomic mass is 10.1. The number of aryl methyl sites for hydroxylation is 1. The molecule has 0 spiro atoms. The SMILES string of the molecule is COC1CCN(C(=O)c2ccc(COc3nn4c(-c5cc(C)on5)nnc4c4ccccc34)nc2)CC1. The second-order valence-electron chi connectivity index (χ2n) is 8.99. The number of pyridine rings is 1. The van der Waals surface area contributed by atoms with Crippen molar-refractivity contribution in [2.45, 2.75) is 32.5 Å². The molecule has 188 valence electrons. The fourth-order valence-electron chi connectivity index (χ4n) is 4.55. The van der Waals surface area contributed by atoms with Gasteiger partial charge < -0.3 is 18.9 Å². The predicted octanol–water partition coefficient (Wildman–Crippen LogP) is 3.47. The maximum absolute atomic E-state index is 12.9. The fourth-order valence-corrected chi connectivity index (χ4v) is 4.55. The summed E-state index contributed by atoms with van der Waals surface area (Å²) in [6, 6.07) is 13.1. The molecule has 0 atom stereocenters. The summed E-state index contributed by atoms with van der Waals surface area (Å²) in [5.74, 6) is 1.51. The van der Waals surface area contributed by atoms with Crippen molar-refractivity contribution < 1.29 is 18.8 Å². The summed E-state index contributed by atoms with van der Waals surface area (Å²) < 4.78 is 18.3. The number of likely N-dealkylation sites (tertiary alicyclic amines) is 1. The maximum atomic E-state index is 12.9. The molecule has 0 N–H and O–H groups in total. The van der Waals surface area contributed by atoms with Crippen molar-refractivity contribution >= 4 is 22.3 Å². The number of ether oxygens (including phenoxy) is 2. The minimum atomic E-state index is -0.0177. The molecule has 37 heavy (non-hydrogen) atoms. The second-order valence-corrected chi connectivity index (χ2v) is 8.99. The van der Waals surface area contributed by atoms with Crippen LogP contribution in [0.5, 0.6) is 5.88 Å². The van der Waals surface area contributed by atoms with Crippen molar-refractivity contribution in [1.29, 1.82) is 0 Å². The Balaban J connectivity index is 1.23. The summed E-state index contributed by atoms with van der Waals surface area (Å²) in [7, 11) is 1.71. The molecule has 1 aliphatic heterocycles. The molecule has 0 aliphatic carbocycles. The Hall–Kier alpha value is -4.38. The molecule has 1 aromatic carbocycles. The van der Waals surface area contributed by atoms with Crippen LogP contribution in [0.25, 0.3) is 27.9 Å². The van der Waals surface area contributed by atoms with Gasteiger partial charge in [-0.25, -0.2) is 0 Å². The van der Waals surface area contributed by atoms with Crippen molar-refractivity contribution in [2.75, 3.05) is 20.2 Å². The van der Waals surface area contributed by atoms with Gasteiger partial charge in [0.2, 0.25) is 11.7 Å². The van der Waals surface area contributed by atoms with Gasteiger partial charge in [0, 0.05) is 43.2 Å². The highest BCUT2D eigenvalue weighted by Crippen LogP contribution is 2.29. The molecule has 6 rings (SSSR count). The smallest absolute Gasteiger partial charge is 0.255 e. The van der Waals surface area contributed by atoms with Gasteiger partial charge in [0.05, 0.1) is 17.4 Å². The molecule has 0 radical (unpaired) electrons. The number of amides is 1. The normalized spacial score (nSPS) is 14.5. The van der Waals surface area contributed by atoms with Crippen molar-refractivity contribution in [3.8, 4) is 17.4 Å². The molecule has 5 aromatic rings. The van der Waals surface area contributed by atoms with Crippen LogP contribution in [-0.4, -0.2) is 67.1 Å². The van der Waals surface area contributed by atoms with E-state index in [2.05, 4.69) is 25.4 Å². The minimum absolute atomic E-state index is 0.0177. The average Bonchev–Trinajstić information content (AvgIpc) is 3.57. The van der Waals surface area contributed by atoms with Crippen LogP contribution in [0.1, 0.15) is 34.7 Å². The first kappa shape index (κ1) is 23.0. The van der Waals surface area contributed by atoms with Gasteiger partial charge >= 0.3 is 0 Å². The number of fused-ring (bicyclic) bond motifs is 3. The summed E-state index contributed by atoms with van der Waals surface area (Å²) in [5.41, 5.74) is 2.36. The van der Waals surface area contributed by atoms with Gasteiger partial charge in [-0.2, -0.15) is 4.52 Å². The third kappa shape index (κ3) is 4.38. The summed E-state index contributed by atoms with van der Waals surface area (Å²) >= 11 is 0. The molecule has 1 aliphatic rings. The lowest BCUT2D eigenvalue weighted by Crippen LogP contribution is -2.40. The predicted molar refractivity (Wildman–Crippen MR) is 133 cm³/mol. The van der Waals surface area contributed by atoms with E-state index in [1.807, 2.05) is 36.1 Å². The van der Waals surface area contributed by atoms with Gasteiger partial charge in [0.15, 0.2) is 11.3 Å². The summed E-state index contributed by atoms with van der Waals surface area (Å²) in [6.07, 6.45) is 3.51. The van der Waals surface area contributed by atoms with E-state index in [-0.39, 0.29) is 18.6 Å². The molecule has 1 amide bonds. The summed E-state index contributed by atoms with van der Waals surface area (Å²) in [5, 5.41) is 19.0. The molecule has 1 saturated heterocycles. The fraction of sp³-hybridized carbons (Fsp3) is 0.308. The Labute approximate surface area is 212 Å². The van der Waals surface area contributed by atoms with Crippen LogP contribution >= 0.6 is 0 Å². The van der Waals surface area contributed by atoms with E-state index < -0.39 is 0 Å². The van der Waals surface area contributed by atoms with Gasteiger partial charge in [0.1, 0.15) is 12.4 Å². The molecular formula is C26H25N7O4. The van der Waals surface area contributed by atoms with E-state index in [0.717, 1.165) is 23.6 Å². The van der Waals surface area contributed by atoms with E-state index in [4.69, 9.17) is 14.0 Å². The minimum Gasteiger partial charge on any atom is -0.470 e. The zero-order valence-electron chi connectivity index (χ0n) is 20.5. The highest BCUT2D eigenvalue weighted by molar-refractivity contribution is 5.97. The van der Waals surface area contributed by atoms with E-state index >= 15 is 0 Å². The van der Waals surface area contributed by atoms with Crippen LogP contribution < -0.4 is 4.74 Å². The molecule has 1 fully saturated rings. The van der Waals surface area contributed by atoms with E-state index in [9.17, 15) is 4.79 Å². The molecule has 11 heteroatoms. The Kier molecular flexibility index (Phi) is 5.97. The van der Waals surface area contributed by atoms with Crippen molar-refractivity contribution in [3.05, 3.63) is 65.7 Å². The second kappa shape index (κ2) is 9.58. The lowest BCUT2D eigenvalue weighted by Gasteiger charge is -2.31. The Morgan fingerprint density at radius 1 is 1.11 bits per heavy atom. The molecule has 4 aromatic heterocycles. The van der Waals surface area contributed by atoms with Gasteiger partial charge in [-0.05, 0) is 38.0 Å². The first-order valence-electron chi connectivity index (χ1n) is 12.1. The number of carbonyl (C=O) groups is 1. The number of hydrogen-bond acceptors (Lipinski definition) is 9. The topological polar surface area (TPSA) is 121 Å². The van der Waals surface area contributed by atoms with E-state index in [0.29, 0.717) is 53.2 Å². The number of nitrogens with zero attached hydrogens (tertiary/aromatic N) is 7. The number of methoxy groups -OCH3 is 1. The van der Waals surface area contributed by atoms with Crippen LogP contribution in [0.2, 0.25) is 0 Å². The largest absolute Gasteiger partial charge is 0.470 e. The Bertz CT molecular complexity index is 1570. The Morgan fingerprint density at radius 2 is 1.92 bits per heavy atom. The highest BCUT2D eigenvalue weighted by atomic mass is 16.5. The number of aromatic nitrogens is 6. The summed E-state index contributed by atoms with van der Waals surface area (Å²) in [6.45, 7) is 3.35. The number of carbonyl (C=O) groups excluding carboxylic acids is 1. The summed E-state index contributed by atoms with van der Waals surface area (Å²) in [4.78, 5) is 19.2. The maximum Gasteiger partial charge on any atom is 0.255 e. The molecule has 0 bridgehead atoms. The zero-order valence-corrected chi connectivity index (χ0v) is 20.5. The van der Waals surface area contributed by atoms with Crippen LogP contribution in [0.15, 0.2) is 53.2 Å². The van der Waals surface area contributed by atoms with Gasteiger partial charge in [-0.15, -0.1) is 15.3 Å². The van der Waals surface area contributed by atoms with Crippen LogP contribution in [0, 0.1) is 6.92 Å². The third-order valence-electron chi connectivity index (χ3n) is 6.58. The number of benzene rings is 1. The van der Waals surface area contributed by atoms with E-state index in [1.165, 1.54) is 0 Å². The van der Waals surface area contributed by atoms with Gasteiger partial charge in [0.25, 0.3) is 5.91 Å². The van der Waals surface area contributed by atoms with Gasteiger partial charge in [-0.3, -0.25) is 9.78 Å². The van der Waals surface area contributed by atoms with Crippen molar-refractivity contribution in [2.24, 2.45) is 0 Å². The standard InChI is InChI=1S/C26H25N7O4/c1-16-13-22(31-37-16)24-29-28-23-20-5-3-4-6-21(20)25(30-33(23)24)36-15-18-8-7-17(14-27-18)26(34)32-11-9-19(35-2)10-12-32/h3-8,13-14,19H,9-12,15H2,1-2H3. The van der Waals surface area contributed by atoms with Crippen LogP contribution in [0.3, 0.4) is 0 Å². The molecule has 5 heterocycles. The highest BCUT2D eigenvalue weighted by Gasteiger charge is 2.24. The molecular weight excluding hydrogens is 474 g/mol. The molecule has 0 saturated carbocycles. The van der Waals surface area contributed by atoms with Crippen LogP contribution in [0.4, 0.5) is 0 Å². The monoisotopic (exact) mass is 499 g/mol. The zero-order chi connectivity index (χ0) is 25.4. The van der Waals surface area contributed by atoms with E-state index in [1.54, 1.807) is 36.0 Å². The molecule has 0 unspecified atom stereocenters. The number of rotatable bonds is 6. The number of piperidine rings is 1. The molecule has 11 nitrogen and oxygen atoms in total. The number of hydrogen-bond donors (Lipinski definition) is 0.